The van der Waals surface area contributed by atoms with Crippen molar-refractivity contribution in [2.45, 2.75) is 0 Å². The van der Waals surface area contributed by atoms with Gasteiger partial charge in [0.25, 0.3) is 11.1 Å². The minimum atomic E-state index is -0.405. The molecule has 0 radical (unpaired) electrons. The third-order valence-corrected chi connectivity index (χ3v) is 5.56. The first-order valence-corrected chi connectivity index (χ1v) is 10.6. The van der Waals surface area contributed by atoms with Crippen molar-refractivity contribution >= 4 is 52.2 Å². The minimum Gasteiger partial charge on any atom is -0.493 e. The Morgan fingerprint density at radius 1 is 1.16 bits per heavy atom. The molecule has 0 aliphatic carbocycles. The smallest absolute Gasteiger partial charge is 0.293 e. The van der Waals surface area contributed by atoms with E-state index in [0.717, 1.165) is 16.7 Å². The Kier molecular flexibility index (Phi) is 7.75. The maximum absolute atomic E-state index is 12.7. The standard InChI is InChI=1S/C22H17Cl2NO5S/c1-3-9-30-20-17(24)11-14(12-18(20)28-2)13-19-21(26)25(22(27)31-19)8-10-29-16-6-4-15(23)5-7-16/h1,4-7,11-13H,8-10H2,2H3/b19-13-. The first kappa shape index (κ1) is 22.9. The van der Waals surface area contributed by atoms with Crippen LogP contribution in [0.25, 0.3) is 6.08 Å². The maximum Gasteiger partial charge on any atom is 0.293 e. The maximum atomic E-state index is 12.7. The molecule has 1 heterocycles. The van der Waals surface area contributed by atoms with E-state index in [1.807, 2.05) is 0 Å². The summed E-state index contributed by atoms with van der Waals surface area (Å²) in [5, 5.41) is 0.496. The van der Waals surface area contributed by atoms with Gasteiger partial charge in [-0.15, -0.1) is 6.42 Å². The molecule has 0 aromatic heterocycles. The van der Waals surface area contributed by atoms with Crippen LogP contribution >= 0.6 is 35.0 Å². The summed E-state index contributed by atoms with van der Waals surface area (Å²) < 4.78 is 16.3. The predicted molar refractivity (Wildman–Crippen MR) is 122 cm³/mol. The molecule has 31 heavy (non-hydrogen) atoms. The van der Waals surface area contributed by atoms with Crippen LogP contribution in [0, 0.1) is 12.3 Å². The zero-order valence-corrected chi connectivity index (χ0v) is 18.7. The van der Waals surface area contributed by atoms with Gasteiger partial charge in [-0.3, -0.25) is 14.5 Å². The lowest BCUT2D eigenvalue weighted by molar-refractivity contribution is -0.123. The number of nitrogens with zero attached hydrogens (tertiary/aromatic N) is 1. The number of rotatable bonds is 8. The number of carbonyl (C=O) groups is 2. The van der Waals surface area contributed by atoms with Gasteiger partial charge in [0, 0.05) is 5.02 Å². The van der Waals surface area contributed by atoms with E-state index in [9.17, 15) is 9.59 Å². The third kappa shape index (κ3) is 5.67. The normalized spacial score (nSPS) is 14.6. The average Bonchev–Trinajstić information content (AvgIpc) is 3.01. The average molecular weight is 478 g/mol. The van der Waals surface area contributed by atoms with Crippen LogP contribution in [0.1, 0.15) is 5.56 Å². The van der Waals surface area contributed by atoms with Gasteiger partial charge in [-0.05, 0) is 59.8 Å². The zero-order chi connectivity index (χ0) is 22.4. The fourth-order valence-corrected chi connectivity index (χ4v) is 3.97. The molecule has 0 atom stereocenters. The molecular weight excluding hydrogens is 461 g/mol. The van der Waals surface area contributed by atoms with Crippen LogP contribution in [0.4, 0.5) is 4.79 Å². The van der Waals surface area contributed by atoms with Gasteiger partial charge >= 0.3 is 0 Å². The van der Waals surface area contributed by atoms with Gasteiger partial charge in [0.2, 0.25) is 0 Å². The van der Waals surface area contributed by atoms with Gasteiger partial charge in [0.1, 0.15) is 19.0 Å². The van der Waals surface area contributed by atoms with Crippen LogP contribution in [0.15, 0.2) is 41.3 Å². The van der Waals surface area contributed by atoms with Gasteiger partial charge in [-0.2, -0.15) is 0 Å². The molecule has 1 aliphatic heterocycles. The predicted octanol–water partition coefficient (Wildman–Crippen LogP) is 5.13. The highest BCUT2D eigenvalue weighted by molar-refractivity contribution is 8.18. The summed E-state index contributed by atoms with van der Waals surface area (Å²) in [4.78, 5) is 26.4. The number of terminal acetylenes is 1. The van der Waals surface area contributed by atoms with Crippen LogP contribution in [0.2, 0.25) is 10.0 Å². The van der Waals surface area contributed by atoms with Gasteiger partial charge < -0.3 is 14.2 Å². The van der Waals surface area contributed by atoms with Crippen LogP contribution < -0.4 is 14.2 Å². The molecule has 1 fully saturated rings. The molecule has 2 aromatic rings. The summed E-state index contributed by atoms with van der Waals surface area (Å²) in [7, 11) is 1.47. The SMILES string of the molecule is C#CCOc1c(Cl)cc(/C=C2\SC(=O)N(CCOc3ccc(Cl)cc3)C2=O)cc1OC. The fourth-order valence-electron chi connectivity index (χ4n) is 2.71. The van der Waals surface area contributed by atoms with Crippen molar-refractivity contribution in [1.82, 2.24) is 4.90 Å². The molecule has 0 unspecified atom stereocenters. The lowest BCUT2D eigenvalue weighted by atomic mass is 10.1. The Labute approximate surface area is 194 Å². The third-order valence-electron chi connectivity index (χ3n) is 4.12. The number of amides is 2. The highest BCUT2D eigenvalue weighted by Gasteiger charge is 2.34. The number of halogens is 2. The molecule has 0 spiro atoms. The van der Waals surface area contributed by atoms with E-state index in [0.29, 0.717) is 27.8 Å². The second-order valence-corrected chi connectivity index (χ2v) is 8.00. The Bertz CT molecular complexity index is 1060. The number of carbonyl (C=O) groups excluding carboxylic acids is 2. The van der Waals surface area contributed by atoms with Crippen molar-refractivity contribution in [2.24, 2.45) is 0 Å². The molecule has 2 aromatic carbocycles. The van der Waals surface area contributed by atoms with Crippen molar-refractivity contribution in [2.75, 3.05) is 26.9 Å². The van der Waals surface area contributed by atoms with Crippen molar-refractivity contribution in [3.05, 3.63) is 56.9 Å². The Hall–Kier alpha value is -2.79. The van der Waals surface area contributed by atoms with Crippen LogP contribution in [-0.4, -0.2) is 42.9 Å². The van der Waals surface area contributed by atoms with Gasteiger partial charge in [-0.25, -0.2) is 0 Å². The highest BCUT2D eigenvalue weighted by atomic mass is 35.5. The van der Waals surface area contributed by atoms with Gasteiger partial charge in [0.05, 0.1) is 23.6 Å². The number of hydrogen-bond donors (Lipinski definition) is 0. The fraction of sp³-hybridized carbons (Fsp3) is 0.182. The molecule has 3 rings (SSSR count). The molecular formula is C22H17Cl2NO5S. The quantitative estimate of drug-likeness (QED) is 0.387. The molecule has 1 saturated heterocycles. The molecule has 0 N–H and O–H groups in total. The number of hydrogen-bond acceptors (Lipinski definition) is 6. The van der Waals surface area contributed by atoms with E-state index in [4.69, 9.17) is 43.8 Å². The van der Waals surface area contributed by atoms with E-state index in [2.05, 4.69) is 5.92 Å². The number of methoxy groups -OCH3 is 1. The summed E-state index contributed by atoms with van der Waals surface area (Å²) in [6.07, 6.45) is 6.79. The molecule has 6 nitrogen and oxygen atoms in total. The molecule has 2 amide bonds. The first-order chi connectivity index (χ1) is 14.9. The molecule has 1 aliphatic rings. The molecule has 0 saturated carbocycles. The largest absolute Gasteiger partial charge is 0.493 e. The van der Waals surface area contributed by atoms with Crippen LogP contribution in [0.3, 0.4) is 0 Å². The summed E-state index contributed by atoms with van der Waals surface area (Å²) in [6, 6.07) is 10.1. The van der Waals surface area contributed by atoms with E-state index < -0.39 is 5.91 Å². The van der Waals surface area contributed by atoms with Crippen molar-refractivity contribution in [3.8, 4) is 29.6 Å². The molecule has 9 heteroatoms. The van der Waals surface area contributed by atoms with Crippen molar-refractivity contribution in [3.63, 3.8) is 0 Å². The number of ether oxygens (including phenoxy) is 3. The molecule has 160 valence electrons. The van der Waals surface area contributed by atoms with Gasteiger partial charge in [0.15, 0.2) is 11.5 Å². The molecule has 0 bridgehead atoms. The van der Waals surface area contributed by atoms with Gasteiger partial charge in [-0.1, -0.05) is 29.1 Å². The topological polar surface area (TPSA) is 65.1 Å². The highest BCUT2D eigenvalue weighted by Crippen LogP contribution is 2.38. The Balaban J connectivity index is 1.70. The van der Waals surface area contributed by atoms with E-state index >= 15 is 0 Å². The monoisotopic (exact) mass is 477 g/mol. The van der Waals surface area contributed by atoms with Crippen molar-refractivity contribution < 1.29 is 23.8 Å². The zero-order valence-electron chi connectivity index (χ0n) is 16.4. The number of benzene rings is 2. The van der Waals surface area contributed by atoms with Crippen LogP contribution in [-0.2, 0) is 4.79 Å². The number of imide groups is 1. The second kappa shape index (κ2) is 10.5. The van der Waals surface area contributed by atoms with E-state index in [1.165, 1.54) is 7.11 Å². The lowest BCUT2D eigenvalue weighted by Crippen LogP contribution is -2.32. The number of thioether (sulfide) groups is 1. The Morgan fingerprint density at radius 3 is 2.58 bits per heavy atom. The Morgan fingerprint density at radius 2 is 1.90 bits per heavy atom. The summed E-state index contributed by atoms with van der Waals surface area (Å²) in [5.74, 6) is 3.23. The summed E-state index contributed by atoms with van der Waals surface area (Å²) >= 11 is 13.0. The first-order valence-electron chi connectivity index (χ1n) is 9.00. The van der Waals surface area contributed by atoms with E-state index in [-0.39, 0.29) is 34.9 Å². The second-order valence-electron chi connectivity index (χ2n) is 6.16. The van der Waals surface area contributed by atoms with Crippen LogP contribution in [0.5, 0.6) is 17.2 Å². The summed E-state index contributed by atoms with van der Waals surface area (Å²) in [5.41, 5.74) is 0.581. The minimum absolute atomic E-state index is 0.0341. The summed E-state index contributed by atoms with van der Waals surface area (Å²) in [6.45, 7) is 0.313. The lowest BCUT2D eigenvalue weighted by Gasteiger charge is -2.13. The van der Waals surface area contributed by atoms with Crippen molar-refractivity contribution in [1.29, 1.82) is 0 Å². The van der Waals surface area contributed by atoms with E-state index in [1.54, 1.807) is 42.5 Å².